The summed E-state index contributed by atoms with van der Waals surface area (Å²) < 4.78 is 5.51. The van der Waals surface area contributed by atoms with Crippen molar-refractivity contribution in [3.63, 3.8) is 0 Å². The molecule has 0 saturated carbocycles. The molecule has 3 rings (SSSR count). The highest BCUT2D eigenvalue weighted by Gasteiger charge is 2.23. The van der Waals surface area contributed by atoms with E-state index >= 15 is 0 Å². The number of ether oxygens (including phenoxy) is 1. The fourth-order valence-electron chi connectivity index (χ4n) is 3.90. The molecule has 1 saturated heterocycles. The van der Waals surface area contributed by atoms with E-state index in [2.05, 4.69) is 20.9 Å². The van der Waals surface area contributed by atoms with E-state index in [-0.39, 0.29) is 31.0 Å². The first kappa shape index (κ1) is 26.3. The molecular formula is C26H35N5O4. The van der Waals surface area contributed by atoms with E-state index in [0.29, 0.717) is 26.0 Å². The molecule has 3 amide bonds. The summed E-state index contributed by atoms with van der Waals surface area (Å²) in [5.41, 5.74) is 2.00. The highest BCUT2D eigenvalue weighted by Crippen LogP contribution is 2.06. The topological polar surface area (TPSA) is 113 Å². The minimum Gasteiger partial charge on any atom is -0.370 e. The predicted molar refractivity (Wildman–Crippen MR) is 133 cm³/mol. The van der Waals surface area contributed by atoms with Crippen LogP contribution in [0, 0.1) is 0 Å². The second-order valence-electron chi connectivity index (χ2n) is 8.76. The molecular weight excluding hydrogens is 446 g/mol. The van der Waals surface area contributed by atoms with E-state index < -0.39 is 11.9 Å². The third-order valence-corrected chi connectivity index (χ3v) is 5.91. The number of pyridine rings is 1. The van der Waals surface area contributed by atoms with E-state index in [1.807, 2.05) is 42.5 Å². The van der Waals surface area contributed by atoms with Gasteiger partial charge in [0.1, 0.15) is 12.6 Å². The number of aromatic nitrogens is 1. The molecule has 0 radical (unpaired) electrons. The van der Waals surface area contributed by atoms with E-state index in [9.17, 15) is 14.4 Å². The number of hydrogen-bond donors (Lipinski definition) is 3. The Hall–Kier alpha value is -3.30. The van der Waals surface area contributed by atoms with Crippen molar-refractivity contribution in [2.75, 3.05) is 39.9 Å². The van der Waals surface area contributed by atoms with Gasteiger partial charge in [-0.25, -0.2) is 0 Å². The zero-order chi connectivity index (χ0) is 24.9. The Morgan fingerprint density at radius 2 is 1.91 bits per heavy atom. The van der Waals surface area contributed by atoms with E-state index in [0.717, 1.165) is 30.5 Å². The molecule has 35 heavy (non-hydrogen) atoms. The quantitative estimate of drug-likeness (QED) is 0.388. The van der Waals surface area contributed by atoms with Crippen molar-refractivity contribution in [3.8, 4) is 0 Å². The first-order valence-corrected chi connectivity index (χ1v) is 12.1. The van der Waals surface area contributed by atoms with Crippen LogP contribution in [0.1, 0.15) is 24.0 Å². The van der Waals surface area contributed by atoms with Gasteiger partial charge >= 0.3 is 0 Å². The summed E-state index contributed by atoms with van der Waals surface area (Å²) in [4.78, 5) is 43.3. The number of carbonyl (C=O) groups is 3. The maximum absolute atomic E-state index is 12.9. The van der Waals surface area contributed by atoms with Crippen molar-refractivity contribution >= 4 is 17.7 Å². The second kappa shape index (κ2) is 14.2. The lowest BCUT2D eigenvalue weighted by molar-refractivity contribution is -0.139. The summed E-state index contributed by atoms with van der Waals surface area (Å²) >= 11 is 0. The SMILES string of the molecule is CN(CC(=O)NC(Cc1ccccc1)C(=O)NCCc1ccncc1)C(=O)COCC1CCCN1. The number of carbonyl (C=O) groups excluding carboxylic acids is 3. The summed E-state index contributed by atoms with van der Waals surface area (Å²) in [6, 6.07) is 12.8. The van der Waals surface area contributed by atoms with Crippen LogP contribution in [-0.2, 0) is 32.0 Å². The molecule has 1 aliphatic rings. The largest absolute Gasteiger partial charge is 0.370 e. The summed E-state index contributed by atoms with van der Waals surface area (Å²) in [5.74, 6) is -0.944. The number of hydrogen-bond acceptors (Lipinski definition) is 6. The molecule has 2 heterocycles. The van der Waals surface area contributed by atoms with Gasteiger partial charge in [-0.05, 0) is 49.1 Å². The van der Waals surface area contributed by atoms with Crippen molar-refractivity contribution in [2.24, 2.45) is 0 Å². The Kier molecular flexibility index (Phi) is 10.7. The van der Waals surface area contributed by atoms with E-state index in [1.54, 1.807) is 19.4 Å². The van der Waals surface area contributed by atoms with Crippen LogP contribution in [0.5, 0.6) is 0 Å². The second-order valence-corrected chi connectivity index (χ2v) is 8.76. The Labute approximate surface area is 206 Å². The molecule has 9 nitrogen and oxygen atoms in total. The van der Waals surface area contributed by atoms with Gasteiger partial charge in [0.15, 0.2) is 0 Å². The molecule has 1 aromatic carbocycles. The standard InChI is InChI=1S/C26H35N5O4/c1-31(25(33)19-35-18-22-8-5-12-28-22)17-24(32)30-23(16-21-6-3-2-4-7-21)26(34)29-15-11-20-9-13-27-14-10-20/h2-4,6-7,9-10,13-14,22-23,28H,5,8,11-12,15-19H2,1H3,(H,29,34)(H,30,32). The Bertz CT molecular complexity index is 935. The zero-order valence-electron chi connectivity index (χ0n) is 20.2. The number of likely N-dealkylation sites (N-methyl/N-ethyl adjacent to an activating group) is 1. The van der Waals surface area contributed by atoms with Crippen LogP contribution in [0.25, 0.3) is 0 Å². The molecule has 3 N–H and O–H groups in total. The summed E-state index contributed by atoms with van der Waals surface area (Å²) in [5, 5.41) is 9.01. The lowest BCUT2D eigenvalue weighted by atomic mass is 10.0. The lowest BCUT2D eigenvalue weighted by Gasteiger charge is -2.22. The monoisotopic (exact) mass is 481 g/mol. The maximum Gasteiger partial charge on any atom is 0.248 e. The maximum atomic E-state index is 12.9. The molecule has 188 valence electrons. The van der Waals surface area contributed by atoms with Crippen LogP contribution < -0.4 is 16.0 Å². The summed E-state index contributed by atoms with van der Waals surface area (Å²) in [6.07, 6.45) is 6.59. The van der Waals surface area contributed by atoms with Crippen LogP contribution in [0.15, 0.2) is 54.9 Å². The number of benzene rings is 1. The molecule has 2 unspecified atom stereocenters. The van der Waals surface area contributed by atoms with Gasteiger partial charge in [0.25, 0.3) is 0 Å². The van der Waals surface area contributed by atoms with E-state index in [1.165, 1.54) is 4.90 Å². The van der Waals surface area contributed by atoms with Crippen LogP contribution in [0.3, 0.4) is 0 Å². The Morgan fingerprint density at radius 1 is 1.14 bits per heavy atom. The van der Waals surface area contributed by atoms with Crippen LogP contribution in [-0.4, -0.2) is 79.6 Å². The summed E-state index contributed by atoms with van der Waals surface area (Å²) in [6.45, 7) is 1.66. The molecule has 1 fully saturated rings. The van der Waals surface area contributed by atoms with Gasteiger partial charge < -0.3 is 25.6 Å². The molecule has 9 heteroatoms. The third kappa shape index (κ3) is 9.46. The fraction of sp³-hybridized carbons (Fsp3) is 0.462. The normalized spacial score (nSPS) is 15.9. The van der Waals surface area contributed by atoms with Crippen molar-refractivity contribution < 1.29 is 19.1 Å². The minimum absolute atomic E-state index is 0.0785. The number of rotatable bonds is 13. The molecule has 0 spiro atoms. The minimum atomic E-state index is -0.754. The molecule has 1 aromatic heterocycles. The van der Waals surface area contributed by atoms with Crippen LogP contribution in [0.4, 0.5) is 0 Å². The van der Waals surface area contributed by atoms with Gasteiger partial charge in [-0.2, -0.15) is 0 Å². The highest BCUT2D eigenvalue weighted by atomic mass is 16.5. The van der Waals surface area contributed by atoms with Gasteiger partial charge in [0, 0.05) is 38.4 Å². The van der Waals surface area contributed by atoms with Crippen molar-refractivity contribution in [1.29, 1.82) is 0 Å². The lowest BCUT2D eigenvalue weighted by Crippen LogP contribution is -2.51. The molecule has 0 bridgehead atoms. The first-order valence-electron chi connectivity index (χ1n) is 12.1. The van der Waals surface area contributed by atoms with Gasteiger partial charge in [0.05, 0.1) is 13.2 Å². The average Bonchev–Trinajstić information content (AvgIpc) is 3.38. The number of amides is 3. The molecule has 1 aliphatic heterocycles. The first-order chi connectivity index (χ1) is 17.0. The molecule has 2 aromatic rings. The van der Waals surface area contributed by atoms with E-state index in [4.69, 9.17) is 4.74 Å². The molecule has 2 atom stereocenters. The van der Waals surface area contributed by atoms with Gasteiger partial charge in [-0.1, -0.05) is 30.3 Å². The van der Waals surface area contributed by atoms with Gasteiger partial charge in [-0.3, -0.25) is 19.4 Å². The van der Waals surface area contributed by atoms with Crippen molar-refractivity contribution in [3.05, 3.63) is 66.0 Å². The Morgan fingerprint density at radius 3 is 2.63 bits per heavy atom. The smallest absolute Gasteiger partial charge is 0.248 e. The number of nitrogens with one attached hydrogen (secondary N) is 3. The highest BCUT2D eigenvalue weighted by molar-refractivity contribution is 5.90. The Balaban J connectivity index is 1.48. The fourth-order valence-corrected chi connectivity index (χ4v) is 3.90. The van der Waals surface area contributed by atoms with Gasteiger partial charge in [0.2, 0.25) is 17.7 Å². The third-order valence-electron chi connectivity index (χ3n) is 5.91. The van der Waals surface area contributed by atoms with Gasteiger partial charge in [-0.15, -0.1) is 0 Å². The molecule has 0 aliphatic carbocycles. The summed E-state index contributed by atoms with van der Waals surface area (Å²) in [7, 11) is 1.56. The number of nitrogens with zero attached hydrogens (tertiary/aromatic N) is 2. The average molecular weight is 482 g/mol. The predicted octanol–water partition coefficient (Wildman–Crippen LogP) is 0.695. The zero-order valence-corrected chi connectivity index (χ0v) is 20.2. The van der Waals surface area contributed by atoms with Crippen molar-refractivity contribution in [2.45, 2.75) is 37.8 Å². The van der Waals surface area contributed by atoms with Crippen LogP contribution >= 0.6 is 0 Å². The van der Waals surface area contributed by atoms with Crippen LogP contribution in [0.2, 0.25) is 0 Å². The van der Waals surface area contributed by atoms with Crippen molar-refractivity contribution in [1.82, 2.24) is 25.8 Å².